The van der Waals surface area contributed by atoms with E-state index in [1.165, 1.54) is 34.0 Å². The average molecular weight is 275 g/mol. The Hall–Kier alpha value is -1.13. The predicted octanol–water partition coefficient (Wildman–Crippen LogP) is 3.12. The van der Waals surface area contributed by atoms with Gasteiger partial charge in [-0.2, -0.15) is 0 Å². The molecule has 1 aliphatic carbocycles. The number of hydrogen-bond donors (Lipinski definition) is 1. The van der Waals surface area contributed by atoms with Crippen LogP contribution in [0.15, 0.2) is 18.5 Å². The van der Waals surface area contributed by atoms with Crippen LogP contribution in [-0.2, 0) is 19.5 Å². The van der Waals surface area contributed by atoms with Crippen molar-refractivity contribution >= 4 is 11.3 Å². The molecule has 2 heterocycles. The van der Waals surface area contributed by atoms with E-state index in [9.17, 15) is 0 Å². The van der Waals surface area contributed by atoms with Crippen LogP contribution in [0.5, 0.6) is 0 Å². The molecule has 1 N–H and O–H groups in total. The maximum atomic E-state index is 4.39. The summed E-state index contributed by atoms with van der Waals surface area (Å²) in [6.07, 6.45) is 7.68. The Bertz CT molecular complexity index is 551. The molecule has 0 spiro atoms. The van der Waals surface area contributed by atoms with Crippen molar-refractivity contribution in [2.24, 2.45) is 0 Å². The summed E-state index contributed by atoms with van der Waals surface area (Å²) in [5.74, 6) is 1.17. The van der Waals surface area contributed by atoms with Crippen LogP contribution in [0.1, 0.15) is 40.9 Å². The number of hydrogen-bond acceptors (Lipinski definition) is 3. The molecule has 1 fully saturated rings. The average Bonchev–Trinajstić information content (AvgIpc) is 3.02. The highest BCUT2D eigenvalue weighted by atomic mass is 32.1. The van der Waals surface area contributed by atoms with E-state index in [-0.39, 0.29) is 0 Å². The van der Waals surface area contributed by atoms with Gasteiger partial charge in [-0.1, -0.05) is 6.92 Å². The second-order valence-corrected chi connectivity index (χ2v) is 6.62. The molecule has 0 aliphatic heterocycles. The van der Waals surface area contributed by atoms with Gasteiger partial charge in [0.2, 0.25) is 0 Å². The molecule has 0 bridgehead atoms. The number of thiophene rings is 1. The molecule has 3 nitrogen and oxygen atoms in total. The van der Waals surface area contributed by atoms with Gasteiger partial charge in [-0.15, -0.1) is 11.3 Å². The van der Waals surface area contributed by atoms with Crippen molar-refractivity contribution in [1.82, 2.24) is 14.9 Å². The zero-order valence-electron chi connectivity index (χ0n) is 11.6. The number of imidazole rings is 1. The summed E-state index contributed by atoms with van der Waals surface area (Å²) in [5, 5.41) is 3.59. The van der Waals surface area contributed by atoms with E-state index < -0.39 is 0 Å². The third kappa shape index (κ3) is 3.07. The van der Waals surface area contributed by atoms with E-state index >= 15 is 0 Å². The first-order valence-corrected chi connectivity index (χ1v) is 7.89. The van der Waals surface area contributed by atoms with Gasteiger partial charge in [0.15, 0.2) is 0 Å². The van der Waals surface area contributed by atoms with Gasteiger partial charge < -0.3 is 9.88 Å². The molecular weight excluding hydrogens is 254 g/mol. The fourth-order valence-electron chi connectivity index (χ4n) is 2.35. The highest BCUT2D eigenvalue weighted by Gasteiger charge is 2.20. The Morgan fingerprint density at radius 1 is 1.47 bits per heavy atom. The van der Waals surface area contributed by atoms with Crippen LogP contribution in [0.25, 0.3) is 0 Å². The second-order valence-electron chi connectivity index (χ2n) is 5.27. The normalized spacial score (nSPS) is 15.1. The van der Waals surface area contributed by atoms with Crippen LogP contribution in [0.2, 0.25) is 0 Å². The summed E-state index contributed by atoms with van der Waals surface area (Å²) in [7, 11) is 0. The van der Waals surface area contributed by atoms with Crippen molar-refractivity contribution < 1.29 is 0 Å². The van der Waals surface area contributed by atoms with Crippen molar-refractivity contribution in [2.45, 2.75) is 52.2 Å². The first-order valence-electron chi connectivity index (χ1n) is 7.08. The van der Waals surface area contributed by atoms with Crippen LogP contribution in [-0.4, -0.2) is 15.6 Å². The second kappa shape index (κ2) is 5.47. The Kier molecular flexibility index (Phi) is 3.71. The van der Waals surface area contributed by atoms with Gasteiger partial charge in [-0.05, 0) is 31.4 Å². The Balaban J connectivity index is 1.69. The molecular formula is C15H21N3S. The number of rotatable bonds is 6. The lowest BCUT2D eigenvalue weighted by Crippen LogP contribution is -2.14. The molecule has 102 valence electrons. The van der Waals surface area contributed by atoms with Crippen molar-refractivity contribution in [2.75, 3.05) is 0 Å². The monoisotopic (exact) mass is 275 g/mol. The first kappa shape index (κ1) is 12.9. The first-order chi connectivity index (χ1) is 9.26. The van der Waals surface area contributed by atoms with Gasteiger partial charge in [0.05, 0.1) is 0 Å². The van der Waals surface area contributed by atoms with Crippen molar-refractivity contribution in [3.05, 3.63) is 39.6 Å². The Morgan fingerprint density at radius 3 is 3.05 bits per heavy atom. The molecule has 0 amide bonds. The minimum atomic E-state index is 0.784. The Morgan fingerprint density at radius 2 is 2.32 bits per heavy atom. The van der Waals surface area contributed by atoms with Crippen LogP contribution >= 0.6 is 11.3 Å². The molecule has 2 aromatic rings. The largest absolute Gasteiger partial charge is 0.330 e. The maximum Gasteiger partial charge on any atom is 0.108 e. The van der Waals surface area contributed by atoms with E-state index in [1.54, 1.807) is 0 Å². The van der Waals surface area contributed by atoms with E-state index in [4.69, 9.17) is 0 Å². The smallest absolute Gasteiger partial charge is 0.108 e. The fraction of sp³-hybridized carbons (Fsp3) is 0.533. The van der Waals surface area contributed by atoms with Crippen LogP contribution in [0, 0.1) is 6.92 Å². The lowest BCUT2D eigenvalue weighted by molar-refractivity contribution is 0.693. The molecule has 0 aromatic carbocycles. The zero-order chi connectivity index (χ0) is 13.2. The number of nitrogens with zero attached hydrogens (tertiary/aromatic N) is 2. The molecule has 1 aliphatic rings. The number of aryl methyl sites for hydroxylation is 2. The highest BCUT2D eigenvalue weighted by molar-refractivity contribution is 7.12. The summed E-state index contributed by atoms with van der Waals surface area (Å²) in [5.41, 5.74) is 1.44. The zero-order valence-corrected chi connectivity index (χ0v) is 12.5. The maximum absolute atomic E-state index is 4.39. The van der Waals surface area contributed by atoms with Gasteiger partial charge in [0.1, 0.15) is 5.82 Å². The van der Waals surface area contributed by atoms with Gasteiger partial charge in [0, 0.05) is 47.7 Å². The van der Waals surface area contributed by atoms with Gasteiger partial charge in [0.25, 0.3) is 0 Å². The molecule has 1 saturated carbocycles. The fourth-order valence-corrected chi connectivity index (χ4v) is 3.35. The summed E-state index contributed by atoms with van der Waals surface area (Å²) in [4.78, 5) is 7.28. The topological polar surface area (TPSA) is 29.9 Å². The number of aromatic nitrogens is 2. The SMILES string of the molecule is CCc1nccn1Cc1cc(CNC2CC2)sc1C. The van der Waals surface area contributed by atoms with Gasteiger partial charge in [-0.3, -0.25) is 0 Å². The molecule has 0 unspecified atom stereocenters. The predicted molar refractivity (Wildman–Crippen MR) is 79.6 cm³/mol. The van der Waals surface area contributed by atoms with Crippen molar-refractivity contribution in [3.63, 3.8) is 0 Å². The summed E-state index contributed by atoms with van der Waals surface area (Å²) >= 11 is 1.92. The molecule has 3 rings (SSSR count). The minimum Gasteiger partial charge on any atom is -0.330 e. The van der Waals surface area contributed by atoms with E-state index in [0.29, 0.717) is 0 Å². The third-order valence-electron chi connectivity index (χ3n) is 3.67. The summed E-state index contributed by atoms with van der Waals surface area (Å²) in [6.45, 7) is 6.36. The van der Waals surface area contributed by atoms with Crippen molar-refractivity contribution in [3.8, 4) is 0 Å². The van der Waals surface area contributed by atoms with Crippen LogP contribution in [0.4, 0.5) is 0 Å². The quantitative estimate of drug-likeness (QED) is 0.878. The molecule has 0 atom stereocenters. The third-order valence-corrected chi connectivity index (χ3v) is 4.77. The van der Waals surface area contributed by atoms with E-state index in [1.807, 2.05) is 17.5 Å². The van der Waals surface area contributed by atoms with Crippen LogP contribution < -0.4 is 5.32 Å². The van der Waals surface area contributed by atoms with Crippen molar-refractivity contribution in [1.29, 1.82) is 0 Å². The number of nitrogens with one attached hydrogen (secondary N) is 1. The van der Waals surface area contributed by atoms with Crippen LogP contribution in [0.3, 0.4) is 0 Å². The molecule has 4 heteroatoms. The minimum absolute atomic E-state index is 0.784. The lowest BCUT2D eigenvalue weighted by atomic mass is 10.2. The molecule has 0 radical (unpaired) electrons. The lowest BCUT2D eigenvalue weighted by Gasteiger charge is -2.05. The molecule has 0 saturated heterocycles. The molecule has 2 aromatic heterocycles. The summed E-state index contributed by atoms with van der Waals surface area (Å²) in [6, 6.07) is 3.14. The highest BCUT2D eigenvalue weighted by Crippen LogP contribution is 2.25. The standard InChI is InChI=1S/C15H21N3S/c1-3-15-16-6-7-18(15)10-12-8-14(19-11(12)2)9-17-13-4-5-13/h6-8,13,17H,3-5,9-10H2,1-2H3. The van der Waals surface area contributed by atoms with Gasteiger partial charge in [-0.25, -0.2) is 4.98 Å². The summed E-state index contributed by atoms with van der Waals surface area (Å²) < 4.78 is 2.26. The Labute approximate surface area is 118 Å². The van der Waals surface area contributed by atoms with Gasteiger partial charge >= 0.3 is 0 Å². The van der Waals surface area contributed by atoms with E-state index in [2.05, 4.69) is 41.0 Å². The van der Waals surface area contributed by atoms with E-state index in [0.717, 1.165) is 25.6 Å². The molecule has 19 heavy (non-hydrogen) atoms.